The monoisotopic (exact) mass is 350 g/mol. The Hall–Kier alpha value is -1.36. The van der Waals surface area contributed by atoms with Gasteiger partial charge in [-0.05, 0) is 30.9 Å². The largest absolute Gasteiger partial charge is 0.339 e. The maximum Gasteiger partial charge on any atom is 0.255 e. The van der Waals surface area contributed by atoms with Gasteiger partial charge in [0.05, 0.1) is 11.3 Å². The smallest absolute Gasteiger partial charge is 0.255 e. The summed E-state index contributed by atoms with van der Waals surface area (Å²) in [5, 5.41) is 0.817. The fourth-order valence-corrected chi connectivity index (χ4v) is 3.53. The molecule has 1 atom stereocenters. The number of carbonyl (C=O) groups is 2. The Labute approximate surface area is 133 Å². The number of alkyl halides is 1. The highest BCUT2D eigenvalue weighted by atomic mass is 79.9. The molecule has 0 aromatic heterocycles. The van der Waals surface area contributed by atoms with Gasteiger partial charge < -0.3 is 9.80 Å². The normalized spacial score (nSPS) is 22.1. The van der Waals surface area contributed by atoms with Crippen LogP contribution in [0.4, 0.5) is 5.69 Å². The molecule has 3 rings (SSSR count). The molecule has 0 radical (unpaired) electrons. The number of hydrogen-bond donors (Lipinski definition) is 0. The molecule has 1 aromatic carbocycles. The highest BCUT2D eigenvalue weighted by Crippen LogP contribution is 2.30. The molecule has 4 nitrogen and oxygen atoms in total. The number of benzene rings is 1. The summed E-state index contributed by atoms with van der Waals surface area (Å²) in [4.78, 5) is 28.5. The highest BCUT2D eigenvalue weighted by molar-refractivity contribution is 9.09. The van der Waals surface area contributed by atoms with Crippen molar-refractivity contribution in [2.45, 2.75) is 19.3 Å². The van der Waals surface area contributed by atoms with Gasteiger partial charge in [-0.1, -0.05) is 28.1 Å². The van der Waals surface area contributed by atoms with Crippen molar-refractivity contribution in [3.05, 3.63) is 29.8 Å². The van der Waals surface area contributed by atoms with Crippen LogP contribution in [0.3, 0.4) is 0 Å². The molecule has 112 valence electrons. The lowest BCUT2D eigenvalue weighted by atomic mass is 10.1. The van der Waals surface area contributed by atoms with Crippen LogP contribution in [0.15, 0.2) is 24.3 Å². The molecule has 2 fully saturated rings. The summed E-state index contributed by atoms with van der Waals surface area (Å²) < 4.78 is 0. The summed E-state index contributed by atoms with van der Waals surface area (Å²) in [6.45, 7) is 2.34. The molecule has 0 aliphatic carbocycles. The van der Waals surface area contributed by atoms with E-state index in [0.29, 0.717) is 24.4 Å². The molecular formula is C16H19BrN2O2. The van der Waals surface area contributed by atoms with Gasteiger partial charge in [0, 0.05) is 31.4 Å². The third kappa shape index (κ3) is 2.84. The number of rotatable bonds is 3. The van der Waals surface area contributed by atoms with Crippen LogP contribution in [-0.2, 0) is 4.79 Å². The number of likely N-dealkylation sites (tertiary alicyclic amines) is 1. The van der Waals surface area contributed by atoms with Crippen LogP contribution in [0.5, 0.6) is 0 Å². The van der Waals surface area contributed by atoms with Gasteiger partial charge in [0.25, 0.3) is 5.91 Å². The van der Waals surface area contributed by atoms with Gasteiger partial charge in [0.15, 0.2) is 0 Å². The van der Waals surface area contributed by atoms with Crippen LogP contribution in [0, 0.1) is 5.92 Å². The first-order valence-electron chi connectivity index (χ1n) is 7.45. The maximum atomic E-state index is 12.7. The molecular weight excluding hydrogens is 332 g/mol. The molecule has 5 heteroatoms. The fraction of sp³-hybridized carbons (Fsp3) is 0.500. The quantitative estimate of drug-likeness (QED) is 0.786. The first kappa shape index (κ1) is 14.6. The van der Waals surface area contributed by atoms with Gasteiger partial charge in [-0.2, -0.15) is 0 Å². The number of para-hydroxylation sites is 1. The Kier molecular flexibility index (Phi) is 4.29. The van der Waals surface area contributed by atoms with Crippen LogP contribution in [-0.4, -0.2) is 41.7 Å². The van der Waals surface area contributed by atoms with Gasteiger partial charge in [-0.15, -0.1) is 0 Å². The first-order valence-corrected chi connectivity index (χ1v) is 8.57. The van der Waals surface area contributed by atoms with Gasteiger partial charge in [0.2, 0.25) is 5.91 Å². The van der Waals surface area contributed by atoms with Crippen molar-refractivity contribution >= 4 is 33.4 Å². The third-order valence-electron chi connectivity index (χ3n) is 4.24. The maximum absolute atomic E-state index is 12.7. The van der Waals surface area contributed by atoms with Crippen LogP contribution < -0.4 is 4.90 Å². The Morgan fingerprint density at radius 1 is 1.24 bits per heavy atom. The first-order chi connectivity index (χ1) is 10.2. The molecule has 2 saturated heterocycles. The Morgan fingerprint density at radius 2 is 1.95 bits per heavy atom. The Morgan fingerprint density at radius 3 is 2.62 bits per heavy atom. The molecule has 0 N–H and O–H groups in total. The third-order valence-corrected chi connectivity index (χ3v) is 5.16. The lowest BCUT2D eigenvalue weighted by molar-refractivity contribution is -0.117. The van der Waals surface area contributed by atoms with E-state index in [2.05, 4.69) is 15.9 Å². The lowest BCUT2D eigenvalue weighted by Gasteiger charge is -2.22. The highest BCUT2D eigenvalue weighted by Gasteiger charge is 2.32. The zero-order valence-corrected chi connectivity index (χ0v) is 13.5. The second kappa shape index (κ2) is 6.18. The van der Waals surface area contributed by atoms with Crippen molar-refractivity contribution in [1.29, 1.82) is 0 Å². The van der Waals surface area contributed by atoms with E-state index in [0.717, 1.165) is 36.9 Å². The Balaban J connectivity index is 1.89. The average Bonchev–Trinajstić information content (AvgIpc) is 3.16. The number of carbonyl (C=O) groups excluding carboxylic acids is 2. The van der Waals surface area contributed by atoms with Gasteiger partial charge in [-0.3, -0.25) is 9.59 Å². The minimum absolute atomic E-state index is 0.0539. The number of hydrogen-bond acceptors (Lipinski definition) is 2. The van der Waals surface area contributed by atoms with E-state index in [1.807, 2.05) is 29.2 Å². The molecule has 0 spiro atoms. The number of halogens is 1. The summed E-state index contributed by atoms with van der Waals surface area (Å²) in [6.07, 6.45) is 2.70. The number of amides is 2. The molecule has 1 unspecified atom stereocenters. The van der Waals surface area contributed by atoms with Gasteiger partial charge in [-0.25, -0.2) is 0 Å². The van der Waals surface area contributed by atoms with E-state index in [1.54, 1.807) is 4.90 Å². The zero-order chi connectivity index (χ0) is 14.8. The van der Waals surface area contributed by atoms with Crippen LogP contribution >= 0.6 is 15.9 Å². The van der Waals surface area contributed by atoms with Gasteiger partial charge >= 0.3 is 0 Å². The predicted octanol–water partition coefficient (Wildman–Crippen LogP) is 2.67. The summed E-state index contributed by atoms with van der Waals surface area (Å²) >= 11 is 3.45. The van der Waals surface area contributed by atoms with Crippen molar-refractivity contribution in [1.82, 2.24) is 4.90 Å². The second-order valence-corrected chi connectivity index (χ2v) is 6.39. The van der Waals surface area contributed by atoms with Gasteiger partial charge in [0.1, 0.15) is 0 Å². The molecule has 2 aliphatic rings. The van der Waals surface area contributed by atoms with E-state index in [1.165, 1.54) is 0 Å². The topological polar surface area (TPSA) is 40.6 Å². The fourth-order valence-electron chi connectivity index (χ4n) is 3.10. The van der Waals surface area contributed by atoms with E-state index in [4.69, 9.17) is 0 Å². The van der Waals surface area contributed by atoms with Crippen molar-refractivity contribution < 1.29 is 9.59 Å². The molecule has 2 aliphatic heterocycles. The minimum Gasteiger partial charge on any atom is -0.339 e. The summed E-state index contributed by atoms with van der Waals surface area (Å²) in [6, 6.07) is 7.49. The van der Waals surface area contributed by atoms with Crippen LogP contribution in [0.1, 0.15) is 29.6 Å². The van der Waals surface area contributed by atoms with E-state index < -0.39 is 0 Å². The number of nitrogens with zero attached hydrogens (tertiary/aromatic N) is 2. The minimum atomic E-state index is 0.0539. The van der Waals surface area contributed by atoms with E-state index >= 15 is 0 Å². The van der Waals surface area contributed by atoms with Crippen molar-refractivity contribution in [3.8, 4) is 0 Å². The molecule has 2 heterocycles. The zero-order valence-electron chi connectivity index (χ0n) is 11.9. The van der Waals surface area contributed by atoms with Crippen molar-refractivity contribution in [3.63, 3.8) is 0 Å². The summed E-state index contributed by atoms with van der Waals surface area (Å²) in [5.74, 6) is 0.492. The van der Waals surface area contributed by atoms with E-state index in [-0.39, 0.29) is 11.8 Å². The SMILES string of the molecule is O=C(c1ccccc1N1CC(CBr)CC1=O)N1CCCC1. The average molecular weight is 351 g/mol. The standard InChI is InChI=1S/C16H19BrN2O2/c17-10-12-9-15(20)19(11-12)14-6-2-1-5-13(14)16(21)18-7-3-4-8-18/h1-2,5-6,12H,3-4,7-11H2. The summed E-state index contributed by atoms with van der Waals surface area (Å²) in [5.41, 5.74) is 1.42. The lowest BCUT2D eigenvalue weighted by Crippen LogP contribution is -2.32. The van der Waals surface area contributed by atoms with Crippen LogP contribution in [0.2, 0.25) is 0 Å². The second-order valence-electron chi connectivity index (χ2n) is 5.75. The molecule has 2 amide bonds. The molecule has 21 heavy (non-hydrogen) atoms. The molecule has 0 saturated carbocycles. The Bertz CT molecular complexity index is 555. The number of anilines is 1. The van der Waals surface area contributed by atoms with Crippen LogP contribution in [0.25, 0.3) is 0 Å². The molecule has 0 bridgehead atoms. The van der Waals surface area contributed by atoms with Crippen molar-refractivity contribution in [2.75, 3.05) is 29.9 Å². The van der Waals surface area contributed by atoms with E-state index in [9.17, 15) is 9.59 Å². The summed E-state index contributed by atoms with van der Waals surface area (Å²) in [7, 11) is 0. The predicted molar refractivity (Wildman–Crippen MR) is 85.8 cm³/mol. The molecule has 1 aromatic rings. The van der Waals surface area contributed by atoms with Crippen molar-refractivity contribution in [2.24, 2.45) is 5.92 Å².